The van der Waals surface area contributed by atoms with Gasteiger partial charge < -0.3 is 16.0 Å². The van der Waals surface area contributed by atoms with Crippen LogP contribution in [0, 0.1) is 5.92 Å². The first-order valence-corrected chi connectivity index (χ1v) is 9.52. The highest BCUT2D eigenvalue weighted by atomic mass is 32.1. The predicted octanol–water partition coefficient (Wildman–Crippen LogP) is 3.25. The molecule has 1 aromatic carbocycles. The van der Waals surface area contributed by atoms with Crippen molar-refractivity contribution in [2.75, 3.05) is 17.2 Å². The molecule has 0 aliphatic heterocycles. The molecule has 2 aromatic rings. The summed E-state index contributed by atoms with van der Waals surface area (Å²) >= 11 is 1.39. The van der Waals surface area contributed by atoms with E-state index in [1.165, 1.54) is 11.3 Å². The van der Waals surface area contributed by atoms with Crippen molar-refractivity contribution in [3.05, 3.63) is 46.7 Å². The van der Waals surface area contributed by atoms with Crippen molar-refractivity contribution in [2.45, 2.75) is 25.7 Å². The number of thiophene rings is 1. The lowest BCUT2D eigenvalue weighted by Crippen LogP contribution is -2.24. The first-order valence-electron chi connectivity index (χ1n) is 8.64. The zero-order valence-electron chi connectivity index (χ0n) is 14.3. The predicted molar refractivity (Wildman–Crippen MR) is 102 cm³/mol. The van der Waals surface area contributed by atoms with E-state index in [4.69, 9.17) is 0 Å². The van der Waals surface area contributed by atoms with E-state index in [0.29, 0.717) is 30.0 Å². The summed E-state index contributed by atoms with van der Waals surface area (Å²) in [5, 5.41) is 10.3. The molecule has 1 saturated carbocycles. The van der Waals surface area contributed by atoms with E-state index in [-0.39, 0.29) is 23.6 Å². The summed E-state index contributed by atoms with van der Waals surface area (Å²) in [6.45, 7) is 0.455. The van der Waals surface area contributed by atoms with E-state index >= 15 is 0 Å². The van der Waals surface area contributed by atoms with Gasteiger partial charge in [-0.1, -0.05) is 6.07 Å². The van der Waals surface area contributed by atoms with Crippen molar-refractivity contribution in [3.8, 4) is 0 Å². The van der Waals surface area contributed by atoms with E-state index in [2.05, 4.69) is 16.0 Å². The Morgan fingerprint density at radius 3 is 2.31 bits per heavy atom. The average molecular weight is 371 g/mol. The van der Waals surface area contributed by atoms with Crippen LogP contribution < -0.4 is 16.0 Å². The third-order valence-electron chi connectivity index (χ3n) is 4.00. The third-order valence-corrected chi connectivity index (χ3v) is 4.86. The monoisotopic (exact) mass is 371 g/mol. The Morgan fingerprint density at radius 2 is 1.69 bits per heavy atom. The molecule has 3 rings (SSSR count). The van der Waals surface area contributed by atoms with Crippen LogP contribution in [0.5, 0.6) is 0 Å². The second kappa shape index (κ2) is 8.62. The Balaban J connectivity index is 1.35. The minimum absolute atomic E-state index is 0.0615. The Hall–Kier alpha value is -2.67. The summed E-state index contributed by atoms with van der Waals surface area (Å²) in [5.41, 5.74) is 1.42. The van der Waals surface area contributed by atoms with Crippen LogP contribution >= 0.6 is 11.3 Å². The molecule has 0 unspecified atom stereocenters. The fraction of sp³-hybridized carbons (Fsp3) is 0.316. The minimum atomic E-state index is -0.107. The lowest BCUT2D eigenvalue weighted by molar-refractivity contribution is -0.117. The van der Waals surface area contributed by atoms with Gasteiger partial charge in [-0.15, -0.1) is 11.3 Å². The van der Waals surface area contributed by atoms with Crippen molar-refractivity contribution in [2.24, 2.45) is 5.92 Å². The van der Waals surface area contributed by atoms with Crippen molar-refractivity contribution in [3.63, 3.8) is 0 Å². The van der Waals surface area contributed by atoms with Crippen LogP contribution in [0.3, 0.4) is 0 Å². The summed E-state index contributed by atoms with van der Waals surface area (Å²) < 4.78 is 0. The van der Waals surface area contributed by atoms with Crippen LogP contribution in [0.1, 0.15) is 35.4 Å². The Kier molecular flexibility index (Phi) is 6.01. The van der Waals surface area contributed by atoms with Crippen LogP contribution in [-0.4, -0.2) is 24.3 Å². The molecule has 0 bridgehead atoms. The summed E-state index contributed by atoms with van der Waals surface area (Å²) in [6, 6.07) is 10.7. The van der Waals surface area contributed by atoms with Gasteiger partial charge in [-0.05, 0) is 55.0 Å². The molecule has 1 fully saturated rings. The average Bonchev–Trinajstić information content (AvgIpc) is 3.35. The van der Waals surface area contributed by atoms with Gasteiger partial charge in [0.1, 0.15) is 0 Å². The molecule has 0 spiro atoms. The number of nitrogens with one attached hydrogen (secondary N) is 3. The van der Waals surface area contributed by atoms with Gasteiger partial charge in [0.2, 0.25) is 11.8 Å². The molecule has 0 atom stereocenters. The molecule has 1 aromatic heterocycles. The van der Waals surface area contributed by atoms with Crippen LogP contribution in [-0.2, 0) is 9.59 Å². The first-order chi connectivity index (χ1) is 12.6. The fourth-order valence-electron chi connectivity index (χ4n) is 2.40. The molecule has 136 valence electrons. The number of benzene rings is 1. The first kappa shape index (κ1) is 18.1. The van der Waals surface area contributed by atoms with Gasteiger partial charge >= 0.3 is 0 Å². The zero-order chi connectivity index (χ0) is 18.4. The van der Waals surface area contributed by atoms with E-state index in [1.54, 1.807) is 30.3 Å². The van der Waals surface area contributed by atoms with Gasteiger partial charge in [0, 0.05) is 30.3 Å². The van der Waals surface area contributed by atoms with Crippen LogP contribution in [0.4, 0.5) is 11.4 Å². The molecule has 1 aliphatic carbocycles. The Morgan fingerprint density at radius 1 is 1.00 bits per heavy atom. The van der Waals surface area contributed by atoms with E-state index in [0.717, 1.165) is 18.5 Å². The lowest BCUT2D eigenvalue weighted by atomic mass is 10.2. The van der Waals surface area contributed by atoms with Gasteiger partial charge in [0.15, 0.2) is 0 Å². The molecule has 6 nitrogen and oxygen atoms in total. The number of carbonyl (C=O) groups is 3. The summed E-state index contributed by atoms with van der Waals surface area (Å²) in [5.74, 6) is 0.00967. The molecule has 0 saturated heterocycles. The van der Waals surface area contributed by atoms with E-state index in [1.807, 2.05) is 11.4 Å². The molecule has 3 N–H and O–H groups in total. The van der Waals surface area contributed by atoms with E-state index < -0.39 is 0 Å². The van der Waals surface area contributed by atoms with Crippen molar-refractivity contribution < 1.29 is 14.4 Å². The van der Waals surface area contributed by atoms with E-state index in [9.17, 15) is 14.4 Å². The Labute approximate surface area is 156 Å². The number of hydrogen-bond acceptors (Lipinski definition) is 4. The van der Waals surface area contributed by atoms with Crippen LogP contribution in [0.25, 0.3) is 0 Å². The van der Waals surface area contributed by atoms with Gasteiger partial charge in [-0.3, -0.25) is 14.4 Å². The van der Waals surface area contributed by atoms with Crippen LogP contribution in [0.2, 0.25) is 0 Å². The van der Waals surface area contributed by atoms with Gasteiger partial charge in [0.25, 0.3) is 5.91 Å². The summed E-state index contributed by atoms with van der Waals surface area (Å²) in [4.78, 5) is 36.1. The normalized spacial score (nSPS) is 13.1. The van der Waals surface area contributed by atoms with Crippen molar-refractivity contribution >= 4 is 40.4 Å². The second-order valence-electron chi connectivity index (χ2n) is 6.23. The number of carbonyl (C=O) groups excluding carboxylic acids is 3. The highest BCUT2D eigenvalue weighted by molar-refractivity contribution is 7.12. The quantitative estimate of drug-likeness (QED) is 0.623. The molecule has 1 aliphatic rings. The highest BCUT2D eigenvalue weighted by Gasteiger charge is 2.29. The molecule has 7 heteroatoms. The smallest absolute Gasteiger partial charge is 0.261 e. The largest absolute Gasteiger partial charge is 0.351 e. The minimum Gasteiger partial charge on any atom is -0.351 e. The maximum Gasteiger partial charge on any atom is 0.261 e. The third kappa shape index (κ3) is 5.42. The molecule has 0 radical (unpaired) electrons. The number of hydrogen-bond donors (Lipinski definition) is 3. The Bertz CT molecular complexity index is 768. The van der Waals surface area contributed by atoms with Crippen LogP contribution in [0.15, 0.2) is 41.8 Å². The maximum atomic E-state index is 12.0. The SMILES string of the molecule is O=C(CCCNC(=O)c1cccs1)Nc1ccc(NC(=O)C2CC2)cc1. The molecular formula is C19H21N3O3S. The van der Waals surface area contributed by atoms with Gasteiger partial charge in [-0.25, -0.2) is 0 Å². The topological polar surface area (TPSA) is 87.3 Å². The van der Waals surface area contributed by atoms with Crippen molar-refractivity contribution in [1.29, 1.82) is 0 Å². The molecule has 3 amide bonds. The summed E-state index contributed by atoms with van der Waals surface area (Å²) in [6.07, 6.45) is 2.82. The second-order valence-corrected chi connectivity index (χ2v) is 7.17. The highest BCUT2D eigenvalue weighted by Crippen LogP contribution is 2.30. The number of rotatable bonds is 8. The van der Waals surface area contributed by atoms with Gasteiger partial charge in [0.05, 0.1) is 4.88 Å². The maximum absolute atomic E-state index is 12.0. The number of anilines is 2. The van der Waals surface area contributed by atoms with Crippen molar-refractivity contribution in [1.82, 2.24) is 5.32 Å². The fourth-order valence-corrected chi connectivity index (χ4v) is 3.04. The summed E-state index contributed by atoms with van der Waals surface area (Å²) in [7, 11) is 0. The number of amides is 3. The van der Waals surface area contributed by atoms with Gasteiger partial charge in [-0.2, -0.15) is 0 Å². The lowest BCUT2D eigenvalue weighted by Gasteiger charge is -2.08. The standard InChI is InChI=1S/C19H21N3O3S/c23-17(4-1-11-20-19(25)16-3-2-12-26-16)21-14-7-9-15(10-8-14)22-18(24)13-5-6-13/h2-3,7-10,12-13H,1,4-6,11H2,(H,20,25)(H,21,23)(H,22,24). The molecule has 1 heterocycles. The molecule has 26 heavy (non-hydrogen) atoms. The zero-order valence-corrected chi connectivity index (χ0v) is 15.1. The molecular weight excluding hydrogens is 350 g/mol.